The fraction of sp³-hybridized carbons (Fsp3) is 0.444. The standard InChI is InChI=1S/C27H36N4O6S/c1-20(23-11-6-9-21-8-4-5-10-24(21)23)30-16-13-22(14-17-30)31(38(3,35)36)19-26(33)29-18-25(32)28-15-7-12-27(34)37-2/h4-12,20,22H,13-19H2,1-3H3,(H,28,32)(H,29,33)/b12-7+/t20-/m1/s1. The number of carbonyl (C=O) groups is 3. The lowest BCUT2D eigenvalue weighted by Crippen LogP contribution is -2.51. The van der Waals surface area contributed by atoms with Gasteiger partial charge in [-0.15, -0.1) is 0 Å². The first-order chi connectivity index (χ1) is 18.1. The molecule has 38 heavy (non-hydrogen) atoms. The first kappa shape index (κ1) is 29.3. The van der Waals surface area contributed by atoms with E-state index in [0.717, 1.165) is 6.26 Å². The van der Waals surface area contributed by atoms with E-state index in [-0.39, 0.29) is 31.7 Å². The van der Waals surface area contributed by atoms with Crippen LogP contribution in [0.2, 0.25) is 0 Å². The minimum Gasteiger partial charge on any atom is -0.466 e. The van der Waals surface area contributed by atoms with Crippen LogP contribution in [0.4, 0.5) is 0 Å². The Morgan fingerprint density at radius 1 is 1.08 bits per heavy atom. The molecule has 2 amide bonds. The van der Waals surface area contributed by atoms with Gasteiger partial charge >= 0.3 is 5.97 Å². The number of rotatable bonds is 11. The molecule has 1 atom stereocenters. The highest BCUT2D eigenvalue weighted by Gasteiger charge is 2.33. The average molecular weight is 545 g/mol. The molecule has 1 fully saturated rings. The van der Waals surface area contributed by atoms with Crippen LogP contribution in [-0.4, -0.2) is 87.5 Å². The van der Waals surface area contributed by atoms with E-state index in [1.165, 1.54) is 39.9 Å². The Morgan fingerprint density at radius 3 is 2.45 bits per heavy atom. The van der Waals surface area contributed by atoms with E-state index >= 15 is 0 Å². The minimum absolute atomic E-state index is 0.0923. The molecular weight excluding hydrogens is 508 g/mol. The highest BCUT2D eigenvalue weighted by atomic mass is 32.2. The average Bonchev–Trinajstić information content (AvgIpc) is 2.91. The molecule has 0 unspecified atom stereocenters. The number of methoxy groups -OCH3 is 1. The third-order valence-corrected chi connectivity index (χ3v) is 8.05. The Labute approximate surface area is 224 Å². The first-order valence-electron chi connectivity index (χ1n) is 12.6. The van der Waals surface area contributed by atoms with Crippen molar-refractivity contribution in [3.05, 3.63) is 60.2 Å². The van der Waals surface area contributed by atoms with Gasteiger partial charge in [0.25, 0.3) is 0 Å². The van der Waals surface area contributed by atoms with Gasteiger partial charge in [-0.3, -0.25) is 14.5 Å². The molecule has 0 aromatic heterocycles. The molecule has 2 aromatic carbocycles. The molecule has 1 heterocycles. The van der Waals surface area contributed by atoms with Crippen LogP contribution in [0, 0.1) is 0 Å². The molecule has 0 aliphatic carbocycles. The summed E-state index contributed by atoms with van der Waals surface area (Å²) in [6.07, 6.45) is 4.90. The summed E-state index contributed by atoms with van der Waals surface area (Å²) in [6.45, 7) is 3.00. The number of hydrogen-bond acceptors (Lipinski definition) is 7. The molecular formula is C27H36N4O6S. The number of nitrogens with zero attached hydrogens (tertiary/aromatic N) is 2. The summed E-state index contributed by atoms with van der Waals surface area (Å²) in [4.78, 5) is 37.8. The van der Waals surface area contributed by atoms with Crippen molar-refractivity contribution in [1.82, 2.24) is 19.8 Å². The Balaban J connectivity index is 1.53. The Bertz CT molecular complexity index is 1270. The predicted octanol–water partition coefficient (Wildman–Crippen LogP) is 1.59. The zero-order valence-corrected chi connectivity index (χ0v) is 22.9. The number of sulfonamides is 1. The normalized spacial score (nSPS) is 16.0. The number of carbonyl (C=O) groups excluding carboxylic acids is 3. The van der Waals surface area contributed by atoms with Crippen LogP contribution in [0.1, 0.15) is 31.4 Å². The van der Waals surface area contributed by atoms with Crippen molar-refractivity contribution in [1.29, 1.82) is 0 Å². The quantitative estimate of drug-likeness (QED) is 0.325. The number of piperidine rings is 1. The molecule has 3 rings (SSSR count). The summed E-state index contributed by atoms with van der Waals surface area (Å²) in [5.41, 5.74) is 1.24. The van der Waals surface area contributed by atoms with Gasteiger partial charge in [0, 0.05) is 37.8 Å². The van der Waals surface area contributed by atoms with Crippen molar-refractivity contribution in [3.8, 4) is 0 Å². The first-order valence-corrected chi connectivity index (χ1v) is 14.4. The van der Waals surface area contributed by atoms with Gasteiger partial charge in [0.15, 0.2) is 0 Å². The highest BCUT2D eigenvalue weighted by molar-refractivity contribution is 7.88. The predicted molar refractivity (Wildman–Crippen MR) is 146 cm³/mol. The van der Waals surface area contributed by atoms with Crippen molar-refractivity contribution >= 4 is 38.6 Å². The highest BCUT2D eigenvalue weighted by Crippen LogP contribution is 2.31. The number of hydrogen-bond donors (Lipinski definition) is 2. The summed E-state index contributed by atoms with van der Waals surface area (Å²) in [5, 5.41) is 7.38. The number of amides is 2. The monoisotopic (exact) mass is 544 g/mol. The lowest BCUT2D eigenvalue weighted by molar-refractivity contribution is -0.134. The van der Waals surface area contributed by atoms with Gasteiger partial charge in [0.2, 0.25) is 21.8 Å². The lowest BCUT2D eigenvalue weighted by atomic mass is 9.96. The molecule has 10 nitrogen and oxygen atoms in total. The smallest absolute Gasteiger partial charge is 0.330 e. The fourth-order valence-electron chi connectivity index (χ4n) is 4.72. The van der Waals surface area contributed by atoms with Crippen molar-refractivity contribution in [2.45, 2.75) is 31.8 Å². The van der Waals surface area contributed by atoms with Gasteiger partial charge < -0.3 is 15.4 Å². The van der Waals surface area contributed by atoms with Crippen molar-refractivity contribution in [2.24, 2.45) is 0 Å². The van der Waals surface area contributed by atoms with Crippen LogP contribution in [-0.2, 0) is 29.1 Å². The van der Waals surface area contributed by atoms with E-state index in [9.17, 15) is 22.8 Å². The summed E-state index contributed by atoms with van der Waals surface area (Å²) >= 11 is 0. The summed E-state index contributed by atoms with van der Waals surface area (Å²) < 4.78 is 30.8. The maximum atomic E-state index is 12.5. The van der Waals surface area contributed by atoms with Crippen LogP contribution in [0.3, 0.4) is 0 Å². The summed E-state index contributed by atoms with van der Waals surface area (Å²) in [7, 11) is -2.40. The maximum Gasteiger partial charge on any atom is 0.330 e. The van der Waals surface area contributed by atoms with Gasteiger partial charge in [-0.25, -0.2) is 13.2 Å². The number of esters is 1. The fourth-order valence-corrected chi connectivity index (χ4v) is 5.83. The molecule has 2 N–H and O–H groups in total. The zero-order chi connectivity index (χ0) is 27.7. The number of likely N-dealkylation sites (tertiary alicyclic amines) is 1. The molecule has 1 saturated heterocycles. The second-order valence-corrected chi connectivity index (χ2v) is 11.3. The molecule has 206 valence electrons. The Hall–Kier alpha value is -3.28. The van der Waals surface area contributed by atoms with Crippen molar-refractivity contribution < 1.29 is 27.5 Å². The summed E-state index contributed by atoms with van der Waals surface area (Å²) in [6, 6.07) is 14.4. The van der Waals surface area contributed by atoms with Gasteiger partial charge in [-0.2, -0.15) is 4.31 Å². The number of benzene rings is 2. The van der Waals surface area contributed by atoms with Gasteiger partial charge in [0.05, 0.1) is 26.5 Å². The summed E-state index contributed by atoms with van der Waals surface area (Å²) in [5.74, 6) is -1.56. The van der Waals surface area contributed by atoms with Crippen molar-refractivity contribution in [3.63, 3.8) is 0 Å². The van der Waals surface area contributed by atoms with Crippen LogP contribution >= 0.6 is 0 Å². The van der Waals surface area contributed by atoms with E-state index < -0.39 is 27.8 Å². The topological polar surface area (TPSA) is 125 Å². The number of ether oxygens (including phenoxy) is 1. The van der Waals surface area contributed by atoms with Crippen LogP contribution in [0.15, 0.2) is 54.6 Å². The molecule has 11 heteroatoms. The third-order valence-electron chi connectivity index (χ3n) is 6.77. The Morgan fingerprint density at radius 2 is 1.76 bits per heavy atom. The zero-order valence-electron chi connectivity index (χ0n) is 22.1. The maximum absolute atomic E-state index is 12.5. The van der Waals surface area contributed by atoms with E-state index in [4.69, 9.17) is 0 Å². The molecule has 1 aliphatic rings. The van der Waals surface area contributed by atoms with Gasteiger partial charge in [0.1, 0.15) is 0 Å². The second kappa shape index (κ2) is 13.5. The lowest BCUT2D eigenvalue weighted by Gasteiger charge is -2.39. The molecule has 0 bridgehead atoms. The minimum atomic E-state index is -3.64. The SMILES string of the molecule is COC(=O)/C=C/CNC(=O)CNC(=O)CN(C1CCN([C@H](C)c2cccc3ccccc23)CC1)S(C)(=O)=O. The van der Waals surface area contributed by atoms with E-state index in [1.807, 2.05) is 12.1 Å². The molecule has 0 saturated carbocycles. The van der Waals surface area contributed by atoms with E-state index in [2.05, 4.69) is 57.5 Å². The Kier molecular flexibility index (Phi) is 10.4. The molecule has 2 aromatic rings. The number of nitrogens with one attached hydrogen (secondary N) is 2. The van der Waals surface area contributed by atoms with Gasteiger partial charge in [-0.1, -0.05) is 48.5 Å². The van der Waals surface area contributed by atoms with Crippen LogP contribution in [0.25, 0.3) is 10.8 Å². The van der Waals surface area contributed by atoms with E-state index in [1.54, 1.807) is 0 Å². The number of fused-ring (bicyclic) bond motifs is 1. The largest absolute Gasteiger partial charge is 0.466 e. The second-order valence-electron chi connectivity index (χ2n) is 9.33. The molecule has 0 radical (unpaired) electrons. The molecule has 0 spiro atoms. The molecule has 1 aliphatic heterocycles. The third kappa shape index (κ3) is 8.11. The van der Waals surface area contributed by atoms with E-state index in [0.29, 0.717) is 25.9 Å². The van der Waals surface area contributed by atoms with Crippen LogP contribution < -0.4 is 10.6 Å². The van der Waals surface area contributed by atoms with Crippen molar-refractivity contribution in [2.75, 3.05) is 46.1 Å². The van der Waals surface area contributed by atoms with Gasteiger partial charge in [-0.05, 0) is 36.1 Å². The van der Waals surface area contributed by atoms with Crippen LogP contribution in [0.5, 0.6) is 0 Å².